The lowest BCUT2D eigenvalue weighted by atomic mass is 10.2. The highest BCUT2D eigenvalue weighted by atomic mass is 19.4. The van der Waals surface area contributed by atoms with E-state index >= 15 is 0 Å². The molecule has 10 heteroatoms. The number of para-hydroxylation sites is 2. The number of esters is 1. The van der Waals surface area contributed by atoms with Gasteiger partial charge in [-0.25, -0.2) is 9.37 Å². The van der Waals surface area contributed by atoms with Gasteiger partial charge in [-0.1, -0.05) is 30.3 Å². The molecule has 0 saturated carbocycles. The fourth-order valence-electron chi connectivity index (χ4n) is 2.66. The predicted molar refractivity (Wildman–Crippen MR) is 93.9 cm³/mol. The summed E-state index contributed by atoms with van der Waals surface area (Å²) in [5.41, 5.74) is 0.433. The number of imidazole rings is 1. The van der Waals surface area contributed by atoms with Gasteiger partial charge in [0.25, 0.3) is 5.91 Å². The van der Waals surface area contributed by atoms with Crippen molar-refractivity contribution in [3.63, 3.8) is 0 Å². The van der Waals surface area contributed by atoms with Crippen molar-refractivity contribution in [2.45, 2.75) is 19.3 Å². The van der Waals surface area contributed by atoms with Crippen molar-refractivity contribution in [3.8, 4) is 0 Å². The third-order valence-electron chi connectivity index (χ3n) is 3.99. The number of alkyl halides is 3. The van der Waals surface area contributed by atoms with Crippen molar-refractivity contribution in [2.24, 2.45) is 0 Å². The predicted octanol–water partition coefficient (Wildman–Crippen LogP) is 3.05. The van der Waals surface area contributed by atoms with Crippen LogP contribution in [0.5, 0.6) is 0 Å². The molecule has 0 radical (unpaired) electrons. The molecule has 0 unspecified atom stereocenters. The number of fused-ring (bicyclic) bond motifs is 1. The third kappa shape index (κ3) is 4.89. The normalized spacial score (nSPS) is 11.4. The van der Waals surface area contributed by atoms with Crippen LogP contribution < -0.4 is 5.32 Å². The maximum absolute atomic E-state index is 13.5. The molecule has 3 aromatic rings. The Morgan fingerprint density at radius 3 is 2.48 bits per heavy atom. The maximum atomic E-state index is 13.5. The second kappa shape index (κ2) is 8.29. The topological polar surface area (TPSA) is 73.2 Å². The Balaban J connectivity index is 1.61. The van der Waals surface area contributed by atoms with Crippen molar-refractivity contribution in [1.29, 1.82) is 0 Å². The van der Waals surface area contributed by atoms with Crippen LogP contribution >= 0.6 is 0 Å². The summed E-state index contributed by atoms with van der Waals surface area (Å²) in [6.45, 7) is -1.59. The third-order valence-corrected chi connectivity index (χ3v) is 3.99. The van der Waals surface area contributed by atoms with Gasteiger partial charge in [-0.2, -0.15) is 13.2 Å². The van der Waals surface area contributed by atoms with Gasteiger partial charge in [-0.15, -0.1) is 0 Å². The first-order valence-electron chi connectivity index (χ1n) is 8.44. The summed E-state index contributed by atoms with van der Waals surface area (Å²) in [6.07, 6.45) is -4.77. The van der Waals surface area contributed by atoms with E-state index in [1.165, 1.54) is 42.5 Å². The number of ether oxygens (including phenoxy) is 1. The second-order valence-corrected chi connectivity index (χ2v) is 6.04. The van der Waals surface area contributed by atoms with Crippen molar-refractivity contribution in [2.75, 3.05) is 6.61 Å². The van der Waals surface area contributed by atoms with Crippen LogP contribution in [0.15, 0.2) is 48.5 Å². The maximum Gasteiger partial charge on any atom is 0.449 e. The van der Waals surface area contributed by atoms with E-state index in [2.05, 4.69) is 10.3 Å². The lowest BCUT2D eigenvalue weighted by Gasteiger charge is -2.11. The van der Waals surface area contributed by atoms with Crippen LogP contribution in [0.1, 0.15) is 11.4 Å². The first-order valence-corrected chi connectivity index (χ1v) is 8.44. The Bertz CT molecular complexity index is 1050. The highest BCUT2D eigenvalue weighted by Gasteiger charge is 2.38. The number of hydrogen-bond donors (Lipinski definition) is 1. The lowest BCUT2D eigenvalue weighted by molar-refractivity contribution is -0.153. The largest absolute Gasteiger partial charge is 0.454 e. The lowest BCUT2D eigenvalue weighted by Crippen LogP contribution is -2.30. The van der Waals surface area contributed by atoms with E-state index in [0.717, 1.165) is 0 Å². The van der Waals surface area contributed by atoms with Crippen LogP contribution in [-0.4, -0.2) is 28.0 Å². The molecule has 1 aromatic heterocycles. The molecule has 0 aliphatic rings. The summed E-state index contributed by atoms with van der Waals surface area (Å²) < 4.78 is 58.6. The van der Waals surface area contributed by atoms with E-state index in [0.29, 0.717) is 4.57 Å². The minimum absolute atomic E-state index is 0.0789. The zero-order chi connectivity index (χ0) is 21.0. The summed E-state index contributed by atoms with van der Waals surface area (Å²) in [4.78, 5) is 27.3. The molecule has 0 atom stereocenters. The summed E-state index contributed by atoms with van der Waals surface area (Å²) in [6, 6.07) is 11.6. The van der Waals surface area contributed by atoms with Crippen LogP contribution in [0, 0.1) is 5.82 Å². The van der Waals surface area contributed by atoms with Crippen LogP contribution in [0.4, 0.5) is 17.6 Å². The number of carbonyl (C=O) groups is 2. The standard InChI is InChI=1S/C19H15F4N3O3/c20-13-6-2-1-5-12(13)9-24-16(27)11-29-17(28)10-26-15-8-4-3-7-14(15)25-18(26)19(21,22)23/h1-8H,9-11H2,(H,24,27). The van der Waals surface area contributed by atoms with Crippen molar-refractivity contribution in [3.05, 3.63) is 65.7 Å². The molecule has 0 aliphatic heterocycles. The molecule has 0 aliphatic carbocycles. The Kier molecular flexibility index (Phi) is 5.81. The minimum atomic E-state index is -4.77. The number of carbonyl (C=O) groups excluding carboxylic acids is 2. The second-order valence-electron chi connectivity index (χ2n) is 6.04. The molecule has 29 heavy (non-hydrogen) atoms. The summed E-state index contributed by atoms with van der Waals surface area (Å²) in [5.74, 6) is -3.50. The molecule has 1 N–H and O–H groups in total. The van der Waals surface area contributed by atoms with Crippen LogP contribution in [0.2, 0.25) is 0 Å². The summed E-state index contributed by atoms with van der Waals surface area (Å²) in [7, 11) is 0. The molecule has 0 spiro atoms. The van der Waals surface area contributed by atoms with E-state index < -0.39 is 42.8 Å². The van der Waals surface area contributed by atoms with Gasteiger partial charge in [0, 0.05) is 12.1 Å². The molecule has 152 valence electrons. The quantitative estimate of drug-likeness (QED) is 0.502. The van der Waals surface area contributed by atoms with E-state index in [1.54, 1.807) is 6.07 Å². The molecular formula is C19H15F4N3O3. The number of aromatic nitrogens is 2. The first-order chi connectivity index (χ1) is 13.8. The Hall–Kier alpha value is -3.43. The number of hydrogen-bond acceptors (Lipinski definition) is 4. The van der Waals surface area contributed by atoms with Gasteiger partial charge in [0.05, 0.1) is 11.0 Å². The average molecular weight is 409 g/mol. The number of amides is 1. The number of halogens is 4. The molecule has 0 fully saturated rings. The van der Waals surface area contributed by atoms with Crippen molar-refractivity contribution >= 4 is 22.9 Å². The molecule has 0 bridgehead atoms. The van der Waals surface area contributed by atoms with Crippen LogP contribution in [-0.2, 0) is 33.6 Å². The van der Waals surface area contributed by atoms with Crippen molar-refractivity contribution in [1.82, 2.24) is 14.9 Å². The molecular weight excluding hydrogens is 394 g/mol. The number of rotatable bonds is 6. The van der Waals surface area contributed by atoms with Crippen LogP contribution in [0.3, 0.4) is 0 Å². The first kappa shape index (κ1) is 20.3. The zero-order valence-corrected chi connectivity index (χ0v) is 14.9. The Morgan fingerprint density at radius 1 is 1.07 bits per heavy atom. The average Bonchev–Trinajstić information content (AvgIpc) is 3.05. The van der Waals surface area contributed by atoms with E-state index in [4.69, 9.17) is 4.74 Å². The molecule has 1 heterocycles. The molecule has 0 saturated heterocycles. The van der Waals surface area contributed by atoms with Gasteiger partial charge in [0.1, 0.15) is 12.4 Å². The number of benzene rings is 2. The van der Waals surface area contributed by atoms with Crippen molar-refractivity contribution < 1.29 is 31.9 Å². The van der Waals surface area contributed by atoms with Gasteiger partial charge in [0.15, 0.2) is 6.61 Å². The monoisotopic (exact) mass is 409 g/mol. The van der Waals surface area contributed by atoms with Gasteiger partial charge >= 0.3 is 12.1 Å². The smallest absolute Gasteiger partial charge is 0.449 e. The molecule has 1 amide bonds. The highest BCUT2D eigenvalue weighted by Crippen LogP contribution is 2.31. The number of nitrogens with zero attached hydrogens (tertiary/aromatic N) is 2. The summed E-state index contributed by atoms with van der Waals surface area (Å²) >= 11 is 0. The van der Waals surface area contributed by atoms with Gasteiger partial charge in [-0.05, 0) is 18.2 Å². The van der Waals surface area contributed by atoms with E-state index in [-0.39, 0.29) is 23.1 Å². The Morgan fingerprint density at radius 2 is 1.76 bits per heavy atom. The number of nitrogens with one attached hydrogen (secondary N) is 1. The van der Waals surface area contributed by atoms with Gasteiger partial charge in [0.2, 0.25) is 5.82 Å². The van der Waals surface area contributed by atoms with Gasteiger partial charge in [-0.3, -0.25) is 9.59 Å². The summed E-state index contributed by atoms with van der Waals surface area (Å²) in [5, 5.41) is 2.36. The van der Waals surface area contributed by atoms with E-state index in [1.807, 2.05) is 0 Å². The molecule has 3 rings (SSSR count). The van der Waals surface area contributed by atoms with Gasteiger partial charge < -0.3 is 14.6 Å². The molecule has 6 nitrogen and oxygen atoms in total. The fourth-order valence-corrected chi connectivity index (χ4v) is 2.66. The minimum Gasteiger partial charge on any atom is -0.454 e. The molecule has 2 aromatic carbocycles. The SMILES string of the molecule is O=C(COC(=O)Cn1c(C(F)(F)F)nc2ccccc21)NCc1ccccc1F. The Labute approximate surface area is 162 Å². The highest BCUT2D eigenvalue weighted by molar-refractivity contribution is 5.82. The fraction of sp³-hybridized carbons (Fsp3) is 0.211. The van der Waals surface area contributed by atoms with Crippen LogP contribution in [0.25, 0.3) is 11.0 Å². The van der Waals surface area contributed by atoms with E-state index in [9.17, 15) is 27.2 Å². The zero-order valence-electron chi connectivity index (χ0n) is 14.9.